The van der Waals surface area contributed by atoms with Gasteiger partial charge in [-0.1, -0.05) is 55.8 Å². The van der Waals surface area contributed by atoms with Gasteiger partial charge in [0.25, 0.3) is 5.91 Å². The van der Waals surface area contributed by atoms with Gasteiger partial charge < -0.3 is 14.8 Å². The number of esters is 1. The molecule has 0 saturated carbocycles. The maximum Gasteiger partial charge on any atom is 0.349 e. The van der Waals surface area contributed by atoms with Crippen molar-refractivity contribution in [3.05, 3.63) is 71.3 Å². The summed E-state index contributed by atoms with van der Waals surface area (Å²) >= 11 is 0. The van der Waals surface area contributed by atoms with Crippen LogP contribution in [0.4, 0.5) is 0 Å². The minimum Gasteiger partial charge on any atom is -0.497 e. The summed E-state index contributed by atoms with van der Waals surface area (Å²) in [5.74, 6) is -0.590. The number of carbonyl (C=O) groups is 2. The molecule has 0 radical (unpaired) electrons. The Morgan fingerprint density at radius 2 is 1.83 bits per heavy atom. The second-order valence-electron chi connectivity index (χ2n) is 6.34. The van der Waals surface area contributed by atoms with E-state index < -0.39 is 18.5 Å². The third-order valence-electron chi connectivity index (χ3n) is 4.22. The molecule has 0 saturated heterocycles. The zero-order chi connectivity index (χ0) is 21.1. The molecule has 29 heavy (non-hydrogen) atoms. The molecule has 0 spiro atoms. The first-order valence-electron chi connectivity index (χ1n) is 9.34. The van der Waals surface area contributed by atoms with Crippen LogP contribution in [-0.2, 0) is 14.3 Å². The van der Waals surface area contributed by atoms with Crippen LogP contribution in [0.2, 0.25) is 0 Å². The van der Waals surface area contributed by atoms with Crippen LogP contribution in [0.1, 0.15) is 36.9 Å². The maximum absolute atomic E-state index is 12.2. The van der Waals surface area contributed by atoms with Gasteiger partial charge in [0.05, 0.1) is 13.2 Å². The van der Waals surface area contributed by atoms with Gasteiger partial charge in [0, 0.05) is 0 Å². The predicted octanol–water partition coefficient (Wildman–Crippen LogP) is 3.80. The van der Waals surface area contributed by atoms with E-state index in [4.69, 9.17) is 9.47 Å². The van der Waals surface area contributed by atoms with Crippen LogP contribution in [0, 0.1) is 11.3 Å². The topological polar surface area (TPSA) is 88.4 Å². The van der Waals surface area contributed by atoms with Crippen LogP contribution in [-0.4, -0.2) is 25.6 Å². The molecule has 6 nitrogen and oxygen atoms in total. The van der Waals surface area contributed by atoms with E-state index in [0.717, 1.165) is 18.4 Å². The average molecular weight is 392 g/mol. The number of rotatable bonds is 9. The number of benzene rings is 2. The van der Waals surface area contributed by atoms with Crippen molar-refractivity contribution in [2.75, 3.05) is 13.7 Å². The second-order valence-corrected chi connectivity index (χ2v) is 6.34. The minimum absolute atomic E-state index is 0.155. The van der Waals surface area contributed by atoms with Crippen molar-refractivity contribution in [1.29, 1.82) is 5.26 Å². The van der Waals surface area contributed by atoms with Crippen molar-refractivity contribution in [3.63, 3.8) is 0 Å². The van der Waals surface area contributed by atoms with Gasteiger partial charge >= 0.3 is 5.97 Å². The number of carbonyl (C=O) groups excluding carboxylic acids is 2. The Hall–Kier alpha value is -3.59. The van der Waals surface area contributed by atoms with E-state index in [-0.39, 0.29) is 11.6 Å². The van der Waals surface area contributed by atoms with Gasteiger partial charge in [-0.3, -0.25) is 4.79 Å². The Labute approximate surface area is 170 Å². The van der Waals surface area contributed by atoms with Crippen LogP contribution in [0.25, 0.3) is 6.08 Å². The summed E-state index contributed by atoms with van der Waals surface area (Å²) in [5.41, 5.74) is 1.46. The Kier molecular flexibility index (Phi) is 8.46. The third kappa shape index (κ3) is 6.82. The molecule has 1 amide bonds. The van der Waals surface area contributed by atoms with Gasteiger partial charge in [0.1, 0.15) is 17.4 Å². The molecule has 0 aliphatic heterocycles. The minimum atomic E-state index is -0.842. The molecule has 1 N–H and O–H groups in total. The van der Waals surface area contributed by atoms with Crippen LogP contribution in [0.5, 0.6) is 5.75 Å². The quantitative estimate of drug-likeness (QED) is 0.398. The SMILES string of the molecule is CCCC(NC(=O)COC(=O)/C(C#N)=C/c1ccc(OC)cc1)c1ccccc1. The van der Waals surface area contributed by atoms with Crippen LogP contribution in [0.15, 0.2) is 60.2 Å². The number of hydrogen-bond donors (Lipinski definition) is 1. The van der Waals surface area contributed by atoms with Crippen LogP contribution < -0.4 is 10.1 Å². The van der Waals surface area contributed by atoms with E-state index in [1.54, 1.807) is 31.4 Å². The smallest absolute Gasteiger partial charge is 0.349 e. The number of methoxy groups -OCH3 is 1. The van der Waals surface area contributed by atoms with E-state index in [0.29, 0.717) is 11.3 Å². The fraction of sp³-hybridized carbons (Fsp3) is 0.261. The van der Waals surface area contributed by atoms with E-state index >= 15 is 0 Å². The molecule has 6 heteroatoms. The zero-order valence-electron chi connectivity index (χ0n) is 16.6. The lowest BCUT2D eigenvalue weighted by Gasteiger charge is -2.18. The van der Waals surface area contributed by atoms with Gasteiger partial charge in [-0.05, 0) is 35.8 Å². The standard InChI is InChI=1S/C23H24N2O4/c1-3-7-21(18-8-5-4-6-9-18)25-22(26)16-29-23(27)19(15-24)14-17-10-12-20(28-2)13-11-17/h4-6,8-14,21H,3,7,16H2,1-2H3,(H,25,26)/b19-14+. The number of ether oxygens (including phenoxy) is 2. The van der Waals surface area contributed by atoms with Gasteiger partial charge in [0.15, 0.2) is 6.61 Å². The normalized spacial score (nSPS) is 11.8. The average Bonchev–Trinajstić information content (AvgIpc) is 2.76. The Morgan fingerprint density at radius 1 is 1.14 bits per heavy atom. The number of nitrogens with one attached hydrogen (secondary N) is 1. The molecule has 150 valence electrons. The number of nitrogens with zero attached hydrogens (tertiary/aromatic N) is 1. The largest absolute Gasteiger partial charge is 0.497 e. The van der Waals surface area contributed by atoms with Crippen LogP contribution >= 0.6 is 0 Å². The first-order chi connectivity index (χ1) is 14.1. The number of nitriles is 1. The third-order valence-corrected chi connectivity index (χ3v) is 4.22. The summed E-state index contributed by atoms with van der Waals surface area (Å²) in [6, 6.07) is 18.1. The molecule has 0 aromatic heterocycles. The summed E-state index contributed by atoms with van der Waals surface area (Å²) in [4.78, 5) is 24.4. The van der Waals surface area contributed by atoms with Gasteiger partial charge in [-0.25, -0.2) is 4.79 Å². The molecule has 0 heterocycles. The molecule has 0 aliphatic rings. The monoisotopic (exact) mass is 392 g/mol. The highest BCUT2D eigenvalue weighted by molar-refractivity contribution is 5.98. The highest BCUT2D eigenvalue weighted by Gasteiger charge is 2.17. The maximum atomic E-state index is 12.2. The first-order valence-corrected chi connectivity index (χ1v) is 9.34. The van der Waals surface area contributed by atoms with Crippen LogP contribution in [0.3, 0.4) is 0 Å². The predicted molar refractivity (Wildman–Crippen MR) is 110 cm³/mol. The van der Waals surface area contributed by atoms with E-state index in [2.05, 4.69) is 5.32 Å². The lowest BCUT2D eigenvalue weighted by atomic mass is 10.0. The fourth-order valence-electron chi connectivity index (χ4n) is 2.74. The zero-order valence-corrected chi connectivity index (χ0v) is 16.6. The van der Waals surface area contributed by atoms with Crippen molar-refractivity contribution >= 4 is 18.0 Å². The molecule has 2 aromatic rings. The van der Waals surface area contributed by atoms with E-state index in [1.165, 1.54) is 6.08 Å². The molecule has 2 rings (SSSR count). The molecule has 1 unspecified atom stereocenters. The Morgan fingerprint density at radius 3 is 2.41 bits per heavy atom. The van der Waals surface area contributed by atoms with Crippen molar-refractivity contribution in [3.8, 4) is 11.8 Å². The van der Waals surface area contributed by atoms with Crippen molar-refractivity contribution in [1.82, 2.24) is 5.32 Å². The molecule has 1 atom stereocenters. The summed E-state index contributed by atoms with van der Waals surface area (Å²) in [6.07, 6.45) is 3.07. The Balaban J connectivity index is 1.95. The molecule has 0 aliphatic carbocycles. The van der Waals surface area contributed by atoms with Gasteiger partial charge in [-0.2, -0.15) is 5.26 Å². The highest BCUT2D eigenvalue weighted by atomic mass is 16.5. The number of hydrogen-bond acceptors (Lipinski definition) is 5. The highest BCUT2D eigenvalue weighted by Crippen LogP contribution is 2.18. The van der Waals surface area contributed by atoms with Crippen molar-refractivity contribution in [2.45, 2.75) is 25.8 Å². The fourth-order valence-corrected chi connectivity index (χ4v) is 2.74. The lowest BCUT2D eigenvalue weighted by Crippen LogP contribution is -2.32. The molecule has 0 fully saturated rings. The molecular weight excluding hydrogens is 368 g/mol. The van der Waals surface area contributed by atoms with Crippen molar-refractivity contribution in [2.24, 2.45) is 0 Å². The summed E-state index contributed by atoms with van der Waals surface area (Å²) in [5, 5.41) is 12.1. The molecular formula is C23H24N2O4. The molecule has 0 bridgehead atoms. The van der Waals surface area contributed by atoms with E-state index in [9.17, 15) is 14.9 Å². The second kappa shape index (κ2) is 11.3. The van der Waals surface area contributed by atoms with Crippen molar-refractivity contribution < 1.29 is 19.1 Å². The summed E-state index contributed by atoms with van der Waals surface area (Å²) in [7, 11) is 1.55. The van der Waals surface area contributed by atoms with Gasteiger partial charge in [0.2, 0.25) is 0 Å². The summed E-state index contributed by atoms with van der Waals surface area (Å²) < 4.78 is 10.1. The van der Waals surface area contributed by atoms with Gasteiger partial charge in [-0.15, -0.1) is 0 Å². The molecule has 2 aromatic carbocycles. The Bertz CT molecular complexity index is 883. The lowest BCUT2D eigenvalue weighted by molar-refractivity contribution is -0.144. The summed E-state index contributed by atoms with van der Waals surface area (Å²) in [6.45, 7) is 1.58. The number of amides is 1. The first kappa shape index (κ1) is 21.7. The van der Waals surface area contributed by atoms with E-state index in [1.807, 2.05) is 43.3 Å².